The number of nitro benzene ring substituents is 1. The van der Waals surface area contributed by atoms with E-state index in [1.54, 1.807) is 19.9 Å². The Morgan fingerprint density at radius 3 is 2.84 bits per heavy atom. The van der Waals surface area contributed by atoms with Crippen molar-refractivity contribution >= 4 is 23.3 Å². The molecule has 1 N–H and O–H groups in total. The van der Waals surface area contributed by atoms with Crippen molar-refractivity contribution in [2.75, 3.05) is 6.61 Å². The van der Waals surface area contributed by atoms with Gasteiger partial charge in [-0.15, -0.1) is 0 Å². The minimum Gasteiger partial charge on any atom is -0.465 e. The molecular formula is C12H15ClN2O4. The van der Waals surface area contributed by atoms with Crippen LogP contribution in [0.5, 0.6) is 0 Å². The molecule has 6 nitrogen and oxygen atoms in total. The molecule has 0 aliphatic heterocycles. The number of carbonyl (C=O) groups is 1. The van der Waals surface area contributed by atoms with E-state index in [4.69, 9.17) is 16.3 Å². The molecule has 1 aromatic carbocycles. The number of esters is 1. The van der Waals surface area contributed by atoms with Gasteiger partial charge in [0.25, 0.3) is 5.69 Å². The van der Waals surface area contributed by atoms with Gasteiger partial charge in [-0.1, -0.05) is 17.7 Å². The largest absolute Gasteiger partial charge is 0.465 e. The molecule has 0 fully saturated rings. The van der Waals surface area contributed by atoms with E-state index in [1.807, 2.05) is 0 Å². The van der Waals surface area contributed by atoms with Crippen LogP contribution in [0.15, 0.2) is 18.2 Å². The number of carbonyl (C=O) groups excluding carboxylic acids is 1. The molecular weight excluding hydrogens is 272 g/mol. The standard InChI is InChI=1S/C12H15ClN2O4/c1-3-19-12(16)8(2)14-7-9-4-5-10(13)11(6-9)15(17)18/h4-6,8,14H,3,7H2,1-2H3. The second kappa shape index (κ2) is 7.06. The molecule has 1 aromatic rings. The Morgan fingerprint density at radius 2 is 2.26 bits per heavy atom. The van der Waals surface area contributed by atoms with Gasteiger partial charge in [-0.2, -0.15) is 0 Å². The maximum Gasteiger partial charge on any atom is 0.322 e. The fourth-order valence-corrected chi connectivity index (χ4v) is 1.62. The predicted octanol–water partition coefficient (Wildman–Crippen LogP) is 2.29. The Hall–Kier alpha value is -1.66. The lowest BCUT2D eigenvalue weighted by Crippen LogP contribution is -2.34. The molecule has 0 aliphatic rings. The highest BCUT2D eigenvalue weighted by molar-refractivity contribution is 6.32. The highest BCUT2D eigenvalue weighted by Crippen LogP contribution is 2.24. The van der Waals surface area contributed by atoms with E-state index >= 15 is 0 Å². The number of halogens is 1. The number of hydrogen-bond acceptors (Lipinski definition) is 5. The molecule has 0 spiro atoms. The lowest BCUT2D eigenvalue weighted by molar-refractivity contribution is -0.384. The smallest absolute Gasteiger partial charge is 0.322 e. The third-order valence-electron chi connectivity index (χ3n) is 2.46. The molecule has 0 aromatic heterocycles. The van der Waals surface area contributed by atoms with E-state index in [1.165, 1.54) is 12.1 Å². The maximum atomic E-state index is 11.4. The second-order valence-electron chi connectivity index (χ2n) is 3.90. The van der Waals surface area contributed by atoms with Crippen molar-refractivity contribution in [1.29, 1.82) is 0 Å². The number of nitro groups is 1. The first-order chi connectivity index (χ1) is 8.95. The van der Waals surface area contributed by atoms with E-state index in [-0.39, 0.29) is 16.7 Å². The van der Waals surface area contributed by atoms with Gasteiger partial charge in [0.05, 0.1) is 11.5 Å². The van der Waals surface area contributed by atoms with Crippen molar-refractivity contribution in [3.05, 3.63) is 38.9 Å². The van der Waals surface area contributed by atoms with Gasteiger partial charge in [-0.3, -0.25) is 14.9 Å². The van der Waals surface area contributed by atoms with Crippen LogP contribution >= 0.6 is 11.6 Å². The summed E-state index contributed by atoms with van der Waals surface area (Å²) < 4.78 is 4.84. The molecule has 0 heterocycles. The van der Waals surface area contributed by atoms with Crippen molar-refractivity contribution in [1.82, 2.24) is 5.32 Å². The first kappa shape index (κ1) is 15.4. The fraction of sp³-hybridized carbons (Fsp3) is 0.417. The summed E-state index contributed by atoms with van der Waals surface area (Å²) in [6.45, 7) is 4.03. The van der Waals surface area contributed by atoms with Crippen LogP contribution in [0.2, 0.25) is 5.02 Å². The predicted molar refractivity (Wildman–Crippen MR) is 71.0 cm³/mol. The molecule has 0 radical (unpaired) electrons. The van der Waals surface area contributed by atoms with Gasteiger partial charge in [0, 0.05) is 12.6 Å². The molecule has 104 valence electrons. The molecule has 7 heteroatoms. The lowest BCUT2D eigenvalue weighted by atomic mass is 10.2. The minimum absolute atomic E-state index is 0.0900. The highest BCUT2D eigenvalue weighted by atomic mass is 35.5. The molecule has 0 bridgehead atoms. The van der Waals surface area contributed by atoms with Gasteiger partial charge in [0.15, 0.2) is 0 Å². The van der Waals surface area contributed by atoms with Crippen LogP contribution in [0.25, 0.3) is 0 Å². The van der Waals surface area contributed by atoms with Crippen LogP contribution in [0.4, 0.5) is 5.69 Å². The van der Waals surface area contributed by atoms with Crippen LogP contribution < -0.4 is 5.32 Å². The minimum atomic E-state index is -0.541. The van der Waals surface area contributed by atoms with E-state index < -0.39 is 11.0 Å². The van der Waals surface area contributed by atoms with E-state index in [9.17, 15) is 14.9 Å². The summed E-state index contributed by atoms with van der Waals surface area (Å²) in [4.78, 5) is 21.6. The summed E-state index contributed by atoms with van der Waals surface area (Å²) in [6.07, 6.45) is 0. The zero-order chi connectivity index (χ0) is 14.4. The summed E-state index contributed by atoms with van der Waals surface area (Å²) in [5.74, 6) is -0.356. The van der Waals surface area contributed by atoms with Crippen LogP contribution in [0.1, 0.15) is 19.4 Å². The van der Waals surface area contributed by atoms with Gasteiger partial charge in [-0.05, 0) is 25.5 Å². The zero-order valence-corrected chi connectivity index (χ0v) is 11.4. The third-order valence-corrected chi connectivity index (χ3v) is 2.78. The summed E-state index contributed by atoms with van der Waals surface area (Å²) in [6, 6.07) is 4.04. The van der Waals surface area contributed by atoms with Crippen LogP contribution in [-0.2, 0) is 16.1 Å². The summed E-state index contributed by atoms with van der Waals surface area (Å²) in [7, 11) is 0. The first-order valence-electron chi connectivity index (χ1n) is 5.78. The normalized spacial score (nSPS) is 11.9. The van der Waals surface area contributed by atoms with Crippen molar-refractivity contribution in [3.8, 4) is 0 Å². The lowest BCUT2D eigenvalue weighted by Gasteiger charge is -2.12. The second-order valence-corrected chi connectivity index (χ2v) is 4.30. The molecule has 1 atom stereocenters. The molecule has 19 heavy (non-hydrogen) atoms. The van der Waals surface area contributed by atoms with E-state index in [0.29, 0.717) is 18.7 Å². The van der Waals surface area contributed by atoms with Crippen LogP contribution in [0, 0.1) is 10.1 Å². The van der Waals surface area contributed by atoms with Gasteiger partial charge in [0.1, 0.15) is 11.1 Å². The Balaban J connectivity index is 2.66. The number of nitrogens with zero attached hydrogens (tertiary/aromatic N) is 1. The van der Waals surface area contributed by atoms with Crippen LogP contribution in [-0.4, -0.2) is 23.5 Å². The van der Waals surface area contributed by atoms with Crippen molar-refractivity contribution in [2.45, 2.75) is 26.4 Å². The fourth-order valence-electron chi connectivity index (χ4n) is 1.43. The maximum absolute atomic E-state index is 11.4. The number of rotatable bonds is 6. The zero-order valence-electron chi connectivity index (χ0n) is 10.7. The molecule has 0 aliphatic carbocycles. The van der Waals surface area contributed by atoms with E-state index in [2.05, 4.69) is 5.32 Å². The van der Waals surface area contributed by atoms with Gasteiger partial charge in [-0.25, -0.2) is 0 Å². The number of hydrogen-bond donors (Lipinski definition) is 1. The third kappa shape index (κ3) is 4.50. The van der Waals surface area contributed by atoms with Gasteiger partial charge >= 0.3 is 5.97 Å². The summed E-state index contributed by atoms with van der Waals surface area (Å²) in [5, 5.41) is 13.8. The van der Waals surface area contributed by atoms with Gasteiger partial charge in [0.2, 0.25) is 0 Å². The van der Waals surface area contributed by atoms with Crippen molar-refractivity contribution in [3.63, 3.8) is 0 Å². The molecule has 0 amide bonds. The average Bonchev–Trinajstić information content (AvgIpc) is 2.37. The average molecular weight is 287 g/mol. The Labute approximate surface area is 115 Å². The molecule has 1 rings (SSSR count). The molecule has 0 saturated heterocycles. The SMILES string of the molecule is CCOC(=O)C(C)NCc1ccc(Cl)c([N+](=O)[O-])c1. The Kier molecular flexibility index (Phi) is 5.72. The van der Waals surface area contributed by atoms with Crippen molar-refractivity contribution in [2.24, 2.45) is 0 Å². The quantitative estimate of drug-likeness (QED) is 0.493. The highest BCUT2D eigenvalue weighted by Gasteiger charge is 2.15. The first-order valence-corrected chi connectivity index (χ1v) is 6.16. The Morgan fingerprint density at radius 1 is 1.58 bits per heavy atom. The number of ether oxygens (including phenoxy) is 1. The topological polar surface area (TPSA) is 81.5 Å². The Bertz CT molecular complexity index is 479. The summed E-state index contributed by atoms with van der Waals surface area (Å²) >= 11 is 5.71. The number of nitrogens with one attached hydrogen (secondary N) is 1. The summed E-state index contributed by atoms with van der Waals surface area (Å²) in [5.41, 5.74) is 0.525. The monoisotopic (exact) mass is 286 g/mol. The van der Waals surface area contributed by atoms with Crippen molar-refractivity contribution < 1.29 is 14.5 Å². The molecule has 0 saturated carbocycles. The number of benzene rings is 1. The van der Waals surface area contributed by atoms with Crippen LogP contribution in [0.3, 0.4) is 0 Å². The van der Waals surface area contributed by atoms with E-state index in [0.717, 1.165) is 0 Å². The molecule has 1 unspecified atom stereocenters. The van der Waals surface area contributed by atoms with Gasteiger partial charge < -0.3 is 10.1 Å².